The van der Waals surface area contributed by atoms with Gasteiger partial charge >= 0.3 is 0 Å². The summed E-state index contributed by atoms with van der Waals surface area (Å²) in [5.41, 5.74) is 4.24. The SMILES string of the molecule is Cc1ccccc1OCC(O)Cn1c(Cc2ccccc2)nc2ccccc21. The van der Waals surface area contributed by atoms with Crippen molar-refractivity contribution in [3.8, 4) is 5.75 Å². The third-order valence-electron chi connectivity index (χ3n) is 4.86. The first-order chi connectivity index (χ1) is 13.7. The normalized spacial score (nSPS) is 12.2. The first kappa shape index (κ1) is 18.3. The number of para-hydroxylation sites is 3. The van der Waals surface area contributed by atoms with Gasteiger partial charge < -0.3 is 14.4 Å². The Bertz CT molecular complexity index is 1060. The molecule has 4 aromatic rings. The molecule has 0 aliphatic rings. The predicted octanol–water partition coefficient (Wildman–Crippen LogP) is 4.38. The van der Waals surface area contributed by atoms with Crippen molar-refractivity contribution in [2.24, 2.45) is 0 Å². The number of fused-ring (bicyclic) bond motifs is 1. The Hall–Kier alpha value is -3.11. The van der Waals surface area contributed by atoms with Crippen LogP contribution in [0.4, 0.5) is 0 Å². The Kier molecular flexibility index (Phi) is 5.40. The number of aliphatic hydroxyl groups is 1. The first-order valence-corrected chi connectivity index (χ1v) is 9.55. The number of hydrogen-bond donors (Lipinski definition) is 1. The quantitative estimate of drug-likeness (QED) is 0.524. The minimum Gasteiger partial charge on any atom is -0.491 e. The van der Waals surface area contributed by atoms with Gasteiger partial charge in [-0.05, 0) is 36.2 Å². The van der Waals surface area contributed by atoms with E-state index in [1.807, 2.05) is 73.7 Å². The summed E-state index contributed by atoms with van der Waals surface area (Å²) in [5, 5.41) is 10.6. The molecule has 3 aromatic carbocycles. The van der Waals surface area contributed by atoms with Gasteiger partial charge in [-0.15, -0.1) is 0 Å². The molecule has 0 amide bonds. The van der Waals surface area contributed by atoms with E-state index in [9.17, 15) is 5.11 Å². The minimum absolute atomic E-state index is 0.238. The van der Waals surface area contributed by atoms with Crippen LogP contribution in [0, 0.1) is 6.92 Å². The fourth-order valence-corrected chi connectivity index (χ4v) is 3.41. The summed E-state index contributed by atoms with van der Waals surface area (Å²) in [5.74, 6) is 1.75. The Balaban J connectivity index is 1.55. The van der Waals surface area contributed by atoms with Crippen molar-refractivity contribution in [1.82, 2.24) is 9.55 Å². The van der Waals surface area contributed by atoms with Crippen LogP contribution in [-0.4, -0.2) is 27.4 Å². The van der Waals surface area contributed by atoms with E-state index in [0.29, 0.717) is 6.54 Å². The Morgan fingerprint density at radius 2 is 1.64 bits per heavy atom. The van der Waals surface area contributed by atoms with Crippen molar-refractivity contribution in [2.45, 2.75) is 26.0 Å². The predicted molar refractivity (Wildman–Crippen MR) is 112 cm³/mol. The van der Waals surface area contributed by atoms with Crippen molar-refractivity contribution in [2.75, 3.05) is 6.61 Å². The monoisotopic (exact) mass is 372 g/mol. The molecule has 1 unspecified atom stereocenters. The maximum absolute atomic E-state index is 10.6. The van der Waals surface area contributed by atoms with E-state index in [2.05, 4.69) is 16.7 Å². The van der Waals surface area contributed by atoms with Crippen LogP contribution in [0.5, 0.6) is 5.75 Å². The largest absolute Gasteiger partial charge is 0.491 e. The lowest BCUT2D eigenvalue weighted by molar-refractivity contribution is 0.0925. The van der Waals surface area contributed by atoms with Crippen molar-refractivity contribution < 1.29 is 9.84 Å². The van der Waals surface area contributed by atoms with Gasteiger partial charge in [-0.25, -0.2) is 4.98 Å². The van der Waals surface area contributed by atoms with E-state index in [0.717, 1.165) is 34.6 Å². The van der Waals surface area contributed by atoms with Crippen LogP contribution < -0.4 is 4.74 Å². The highest BCUT2D eigenvalue weighted by atomic mass is 16.5. The van der Waals surface area contributed by atoms with Crippen molar-refractivity contribution in [3.63, 3.8) is 0 Å². The summed E-state index contributed by atoms with van der Waals surface area (Å²) < 4.78 is 7.94. The van der Waals surface area contributed by atoms with Gasteiger partial charge in [0.25, 0.3) is 0 Å². The van der Waals surface area contributed by atoms with Crippen LogP contribution >= 0.6 is 0 Å². The van der Waals surface area contributed by atoms with Gasteiger partial charge in [0.05, 0.1) is 17.6 Å². The maximum atomic E-state index is 10.6. The molecule has 142 valence electrons. The molecule has 28 heavy (non-hydrogen) atoms. The molecule has 0 saturated carbocycles. The number of aliphatic hydroxyl groups excluding tert-OH is 1. The fraction of sp³-hybridized carbons (Fsp3) is 0.208. The second-order valence-corrected chi connectivity index (χ2v) is 7.02. The summed E-state index contributed by atoms with van der Waals surface area (Å²) >= 11 is 0. The number of aryl methyl sites for hydroxylation is 1. The molecule has 4 nitrogen and oxygen atoms in total. The van der Waals surface area contributed by atoms with E-state index in [1.165, 1.54) is 5.56 Å². The lowest BCUT2D eigenvalue weighted by Crippen LogP contribution is -2.24. The maximum Gasteiger partial charge on any atom is 0.122 e. The average Bonchev–Trinajstić information content (AvgIpc) is 3.05. The third-order valence-corrected chi connectivity index (χ3v) is 4.86. The summed E-state index contributed by atoms with van der Waals surface area (Å²) in [4.78, 5) is 4.80. The van der Waals surface area contributed by atoms with Gasteiger partial charge in [0.1, 0.15) is 24.3 Å². The van der Waals surface area contributed by atoms with E-state index < -0.39 is 6.10 Å². The molecule has 4 heteroatoms. The molecule has 0 spiro atoms. The molecule has 0 fully saturated rings. The van der Waals surface area contributed by atoms with E-state index in [4.69, 9.17) is 9.72 Å². The Labute approximate surface area is 165 Å². The van der Waals surface area contributed by atoms with Gasteiger partial charge in [-0.2, -0.15) is 0 Å². The Morgan fingerprint density at radius 3 is 2.46 bits per heavy atom. The van der Waals surface area contributed by atoms with Crippen LogP contribution in [0.15, 0.2) is 78.9 Å². The molecule has 1 heterocycles. The molecule has 0 aliphatic heterocycles. The topological polar surface area (TPSA) is 47.3 Å². The molecule has 0 aliphatic carbocycles. The van der Waals surface area contributed by atoms with Crippen LogP contribution in [0.1, 0.15) is 17.0 Å². The number of aromatic nitrogens is 2. The van der Waals surface area contributed by atoms with Crippen LogP contribution in [0.25, 0.3) is 11.0 Å². The Morgan fingerprint density at radius 1 is 0.929 bits per heavy atom. The standard InChI is InChI=1S/C24H24N2O2/c1-18-9-5-8-14-23(18)28-17-20(27)16-26-22-13-7-6-12-21(22)25-24(26)15-19-10-3-2-4-11-19/h2-14,20,27H,15-17H2,1H3. The molecule has 0 saturated heterocycles. The highest BCUT2D eigenvalue weighted by Gasteiger charge is 2.15. The number of benzene rings is 3. The minimum atomic E-state index is -0.633. The number of rotatable bonds is 7. The molecule has 1 N–H and O–H groups in total. The summed E-state index contributed by atoms with van der Waals surface area (Å²) in [6.45, 7) is 2.68. The second-order valence-electron chi connectivity index (χ2n) is 7.02. The van der Waals surface area contributed by atoms with E-state index >= 15 is 0 Å². The van der Waals surface area contributed by atoms with Gasteiger partial charge in [-0.1, -0.05) is 60.7 Å². The lowest BCUT2D eigenvalue weighted by Gasteiger charge is -2.16. The van der Waals surface area contributed by atoms with E-state index in [1.54, 1.807) is 0 Å². The molecule has 0 bridgehead atoms. The molecule has 4 rings (SSSR count). The van der Waals surface area contributed by atoms with Crippen molar-refractivity contribution >= 4 is 11.0 Å². The lowest BCUT2D eigenvalue weighted by atomic mass is 10.1. The van der Waals surface area contributed by atoms with E-state index in [-0.39, 0.29) is 6.61 Å². The summed E-state index contributed by atoms with van der Waals surface area (Å²) in [7, 11) is 0. The summed E-state index contributed by atoms with van der Waals surface area (Å²) in [6.07, 6.45) is 0.0905. The zero-order valence-electron chi connectivity index (χ0n) is 16.0. The zero-order valence-corrected chi connectivity index (χ0v) is 16.0. The second kappa shape index (κ2) is 8.28. The molecule has 1 atom stereocenters. The zero-order chi connectivity index (χ0) is 19.3. The van der Waals surface area contributed by atoms with Crippen molar-refractivity contribution in [1.29, 1.82) is 0 Å². The van der Waals surface area contributed by atoms with Gasteiger partial charge in [-0.3, -0.25) is 0 Å². The smallest absolute Gasteiger partial charge is 0.122 e. The average molecular weight is 372 g/mol. The fourth-order valence-electron chi connectivity index (χ4n) is 3.41. The third kappa shape index (κ3) is 4.07. The molecular weight excluding hydrogens is 348 g/mol. The highest BCUT2D eigenvalue weighted by Crippen LogP contribution is 2.20. The van der Waals surface area contributed by atoms with Crippen LogP contribution in [0.2, 0.25) is 0 Å². The van der Waals surface area contributed by atoms with Crippen LogP contribution in [-0.2, 0) is 13.0 Å². The molecular formula is C24H24N2O2. The molecule has 0 radical (unpaired) electrons. The number of ether oxygens (including phenoxy) is 1. The van der Waals surface area contributed by atoms with Gasteiger partial charge in [0, 0.05) is 6.42 Å². The summed E-state index contributed by atoms with van der Waals surface area (Å²) in [6, 6.07) is 26.2. The van der Waals surface area contributed by atoms with Gasteiger partial charge in [0.15, 0.2) is 0 Å². The van der Waals surface area contributed by atoms with Crippen molar-refractivity contribution in [3.05, 3.63) is 95.8 Å². The molecule has 1 aromatic heterocycles. The first-order valence-electron chi connectivity index (χ1n) is 9.55. The highest BCUT2D eigenvalue weighted by molar-refractivity contribution is 5.76. The number of imidazole rings is 1. The van der Waals surface area contributed by atoms with Crippen LogP contribution in [0.3, 0.4) is 0 Å². The van der Waals surface area contributed by atoms with Gasteiger partial charge in [0.2, 0.25) is 0 Å². The number of hydrogen-bond acceptors (Lipinski definition) is 3. The number of nitrogens with zero attached hydrogens (tertiary/aromatic N) is 2.